The Kier molecular flexibility index (Phi) is 5.69. The summed E-state index contributed by atoms with van der Waals surface area (Å²) in [6.45, 7) is 2.76. The predicted molar refractivity (Wildman–Crippen MR) is 83.1 cm³/mol. The summed E-state index contributed by atoms with van der Waals surface area (Å²) in [5.74, 6) is -0.751. The van der Waals surface area contributed by atoms with Crippen LogP contribution in [0.4, 0.5) is 4.79 Å². The van der Waals surface area contributed by atoms with E-state index in [1.165, 1.54) is 15.4 Å². The van der Waals surface area contributed by atoms with Crippen LogP contribution in [0.5, 0.6) is 0 Å². The van der Waals surface area contributed by atoms with Gasteiger partial charge in [-0.25, -0.2) is 4.79 Å². The Labute approximate surface area is 130 Å². The summed E-state index contributed by atoms with van der Waals surface area (Å²) in [5, 5.41) is 0. The fraction of sp³-hybridized carbons (Fsp3) is 0.471. The van der Waals surface area contributed by atoms with Crippen molar-refractivity contribution in [1.29, 1.82) is 0 Å². The molecule has 0 radical (unpaired) electrons. The zero-order valence-corrected chi connectivity index (χ0v) is 13.0. The lowest BCUT2D eigenvalue weighted by Gasteiger charge is -2.32. The molecule has 0 N–H and O–H groups in total. The van der Waals surface area contributed by atoms with Crippen molar-refractivity contribution in [2.24, 2.45) is 0 Å². The third kappa shape index (κ3) is 3.93. The van der Waals surface area contributed by atoms with Crippen molar-refractivity contribution in [1.82, 2.24) is 9.80 Å². The summed E-state index contributed by atoms with van der Waals surface area (Å²) in [7, 11) is 0. The molecule has 118 valence electrons. The van der Waals surface area contributed by atoms with Gasteiger partial charge in [-0.2, -0.15) is 0 Å². The molecule has 0 spiro atoms. The van der Waals surface area contributed by atoms with E-state index in [2.05, 4.69) is 0 Å². The topological polar surface area (TPSA) is 57.7 Å². The molecule has 0 saturated carbocycles. The monoisotopic (exact) mass is 302 g/mol. The second kappa shape index (κ2) is 7.73. The van der Waals surface area contributed by atoms with Gasteiger partial charge >= 0.3 is 6.03 Å². The number of urea groups is 1. The van der Waals surface area contributed by atoms with Crippen LogP contribution in [-0.4, -0.2) is 40.7 Å². The van der Waals surface area contributed by atoms with Gasteiger partial charge in [0.15, 0.2) is 0 Å². The standard InChI is InChI=1S/C17H22N2O3/c1-2-3-11-18-15(20)13-16(21)19(17(18)22)12-7-10-14-8-5-4-6-9-14/h4-6,8-9H,2-3,7,10-13H2,1H3. The molecule has 1 saturated heterocycles. The van der Waals surface area contributed by atoms with E-state index in [1.807, 2.05) is 37.3 Å². The Morgan fingerprint density at radius 3 is 2.09 bits per heavy atom. The number of hydrogen-bond acceptors (Lipinski definition) is 3. The van der Waals surface area contributed by atoms with Gasteiger partial charge in [0, 0.05) is 13.1 Å². The van der Waals surface area contributed by atoms with Gasteiger partial charge in [-0.15, -0.1) is 0 Å². The van der Waals surface area contributed by atoms with Crippen LogP contribution in [0.3, 0.4) is 0 Å². The van der Waals surface area contributed by atoms with E-state index in [1.54, 1.807) is 0 Å². The molecule has 5 heteroatoms. The van der Waals surface area contributed by atoms with E-state index in [0.29, 0.717) is 19.5 Å². The quantitative estimate of drug-likeness (QED) is 0.727. The molecule has 1 aromatic carbocycles. The van der Waals surface area contributed by atoms with E-state index < -0.39 is 6.03 Å². The first kappa shape index (κ1) is 16.2. The minimum absolute atomic E-state index is 0.194. The Morgan fingerprint density at radius 2 is 1.50 bits per heavy atom. The van der Waals surface area contributed by atoms with Gasteiger partial charge in [-0.1, -0.05) is 43.7 Å². The summed E-state index contributed by atoms with van der Waals surface area (Å²) >= 11 is 0. The number of benzene rings is 1. The molecular weight excluding hydrogens is 280 g/mol. The van der Waals surface area contributed by atoms with Gasteiger partial charge in [-0.3, -0.25) is 19.4 Å². The first-order valence-corrected chi connectivity index (χ1v) is 7.82. The maximum Gasteiger partial charge on any atom is 0.333 e. The third-order valence-corrected chi connectivity index (χ3v) is 3.79. The molecule has 0 aliphatic carbocycles. The molecular formula is C17H22N2O3. The second-order valence-corrected chi connectivity index (χ2v) is 5.49. The molecule has 0 aromatic heterocycles. The Hall–Kier alpha value is -2.17. The van der Waals surface area contributed by atoms with E-state index in [9.17, 15) is 14.4 Å². The summed E-state index contributed by atoms with van der Waals surface area (Å²) in [6.07, 6.45) is 2.99. The summed E-state index contributed by atoms with van der Waals surface area (Å²) < 4.78 is 0. The summed E-state index contributed by atoms with van der Waals surface area (Å²) in [6, 6.07) is 9.49. The number of unbranched alkanes of at least 4 members (excludes halogenated alkanes) is 1. The van der Waals surface area contributed by atoms with Crippen molar-refractivity contribution < 1.29 is 14.4 Å². The lowest BCUT2D eigenvalue weighted by molar-refractivity contribution is -0.142. The van der Waals surface area contributed by atoms with Crippen LogP contribution >= 0.6 is 0 Å². The Morgan fingerprint density at radius 1 is 0.909 bits per heavy atom. The van der Waals surface area contributed by atoms with Crippen LogP contribution in [0.25, 0.3) is 0 Å². The molecule has 1 aliphatic rings. The largest absolute Gasteiger partial charge is 0.333 e. The Bertz CT molecular complexity index is 542. The highest BCUT2D eigenvalue weighted by Gasteiger charge is 2.36. The highest BCUT2D eigenvalue weighted by atomic mass is 16.2. The van der Waals surface area contributed by atoms with Crippen LogP contribution in [0.15, 0.2) is 30.3 Å². The van der Waals surface area contributed by atoms with Crippen LogP contribution in [0.1, 0.15) is 38.2 Å². The first-order valence-electron chi connectivity index (χ1n) is 7.82. The molecule has 2 rings (SSSR count). The molecule has 1 fully saturated rings. The molecule has 1 heterocycles. The summed E-state index contributed by atoms with van der Waals surface area (Å²) in [4.78, 5) is 38.5. The molecule has 0 atom stereocenters. The van der Waals surface area contributed by atoms with Crippen molar-refractivity contribution in [2.45, 2.75) is 39.0 Å². The number of nitrogens with zero attached hydrogens (tertiary/aromatic N) is 2. The van der Waals surface area contributed by atoms with Gasteiger partial charge < -0.3 is 0 Å². The molecule has 1 aliphatic heterocycles. The molecule has 0 unspecified atom stereocenters. The number of rotatable bonds is 7. The minimum Gasteiger partial charge on any atom is -0.274 e. The molecule has 1 aromatic rings. The highest BCUT2D eigenvalue weighted by molar-refractivity contribution is 6.14. The number of imide groups is 2. The maximum atomic E-state index is 12.3. The zero-order chi connectivity index (χ0) is 15.9. The number of hydrogen-bond donors (Lipinski definition) is 0. The van der Waals surface area contributed by atoms with Crippen molar-refractivity contribution in [3.8, 4) is 0 Å². The van der Waals surface area contributed by atoms with Crippen molar-refractivity contribution in [2.75, 3.05) is 13.1 Å². The van der Waals surface area contributed by atoms with E-state index in [0.717, 1.165) is 19.3 Å². The fourth-order valence-corrected chi connectivity index (χ4v) is 2.52. The van der Waals surface area contributed by atoms with Crippen LogP contribution in [0.2, 0.25) is 0 Å². The zero-order valence-electron chi connectivity index (χ0n) is 13.0. The van der Waals surface area contributed by atoms with Gasteiger partial charge in [0.2, 0.25) is 11.8 Å². The lowest BCUT2D eigenvalue weighted by atomic mass is 10.1. The Balaban J connectivity index is 1.92. The van der Waals surface area contributed by atoms with Crippen LogP contribution < -0.4 is 0 Å². The maximum absolute atomic E-state index is 12.3. The van der Waals surface area contributed by atoms with Gasteiger partial charge in [0.05, 0.1) is 0 Å². The van der Waals surface area contributed by atoms with Gasteiger partial charge in [0.25, 0.3) is 0 Å². The second-order valence-electron chi connectivity index (χ2n) is 5.49. The number of barbiturate groups is 1. The average Bonchev–Trinajstić information content (AvgIpc) is 2.51. The number of amides is 4. The summed E-state index contributed by atoms with van der Waals surface area (Å²) in [5.41, 5.74) is 1.18. The highest BCUT2D eigenvalue weighted by Crippen LogP contribution is 2.14. The minimum atomic E-state index is -0.456. The van der Waals surface area contributed by atoms with Gasteiger partial charge in [-0.05, 0) is 24.8 Å². The average molecular weight is 302 g/mol. The van der Waals surface area contributed by atoms with E-state index in [4.69, 9.17) is 0 Å². The first-order chi connectivity index (χ1) is 10.6. The number of carbonyl (C=O) groups excluding carboxylic acids is 3. The van der Waals surface area contributed by atoms with Gasteiger partial charge in [0.1, 0.15) is 6.42 Å². The van der Waals surface area contributed by atoms with Crippen molar-refractivity contribution in [3.63, 3.8) is 0 Å². The molecule has 4 amide bonds. The normalized spacial score (nSPS) is 15.6. The number of aryl methyl sites for hydroxylation is 1. The van der Waals surface area contributed by atoms with Crippen LogP contribution in [0, 0.1) is 0 Å². The molecule has 22 heavy (non-hydrogen) atoms. The lowest BCUT2D eigenvalue weighted by Crippen LogP contribution is -2.55. The van der Waals surface area contributed by atoms with Crippen LogP contribution in [-0.2, 0) is 16.0 Å². The molecule has 0 bridgehead atoms. The van der Waals surface area contributed by atoms with Crippen molar-refractivity contribution in [3.05, 3.63) is 35.9 Å². The van der Waals surface area contributed by atoms with E-state index in [-0.39, 0.29) is 18.2 Å². The smallest absolute Gasteiger partial charge is 0.274 e. The van der Waals surface area contributed by atoms with Crippen molar-refractivity contribution >= 4 is 17.8 Å². The third-order valence-electron chi connectivity index (χ3n) is 3.79. The predicted octanol–water partition coefficient (Wildman–Crippen LogP) is 2.60. The number of carbonyl (C=O) groups is 3. The molecule has 5 nitrogen and oxygen atoms in total. The SMILES string of the molecule is CCCCN1C(=O)CC(=O)N(CCCc2ccccc2)C1=O. The van der Waals surface area contributed by atoms with E-state index >= 15 is 0 Å². The fourth-order valence-electron chi connectivity index (χ4n) is 2.52.